The van der Waals surface area contributed by atoms with Crippen LogP contribution < -0.4 is 5.32 Å². The molecule has 0 atom stereocenters. The molecule has 0 aliphatic rings. The second kappa shape index (κ2) is 5.84. The molecule has 1 N–H and O–H groups in total. The van der Waals surface area contributed by atoms with E-state index < -0.39 is 17.6 Å². The second-order valence-corrected chi connectivity index (χ2v) is 5.65. The van der Waals surface area contributed by atoms with Gasteiger partial charge in [0.2, 0.25) is 0 Å². The fourth-order valence-electron chi connectivity index (χ4n) is 1.47. The normalized spacial score (nSPS) is 10.4. The van der Waals surface area contributed by atoms with Crippen molar-refractivity contribution in [3.05, 3.63) is 38.8 Å². The number of nitrogens with one attached hydrogen (secondary N) is 1. The Morgan fingerprint density at radius 2 is 2.10 bits per heavy atom. The first kappa shape index (κ1) is 14.9. The Labute approximate surface area is 125 Å². The lowest BCUT2D eigenvalue weighted by molar-refractivity contribution is 0.0605. The standard InChI is InChI=1S/C12H9BrF2N2O2S/c1-5-10(11(18)19-2)20-12(16-5)17-9-3-6(13)7(14)4-8(9)15/h3-4H,1-2H3,(H,16,17). The fraction of sp³-hybridized carbons (Fsp3) is 0.167. The van der Waals surface area contributed by atoms with Gasteiger partial charge in [0, 0.05) is 6.07 Å². The van der Waals surface area contributed by atoms with E-state index in [0.717, 1.165) is 17.4 Å². The Bertz CT molecular complexity index is 676. The summed E-state index contributed by atoms with van der Waals surface area (Å²) in [6, 6.07) is 2.02. The number of carbonyl (C=O) groups is 1. The molecule has 1 aromatic carbocycles. The molecule has 0 radical (unpaired) electrons. The van der Waals surface area contributed by atoms with Gasteiger partial charge in [-0.05, 0) is 28.9 Å². The molecule has 4 nitrogen and oxygen atoms in total. The molecule has 0 amide bonds. The molecule has 0 spiro atoms. The second-order valence-electron chi connectivity index (χ2n) is 3.80. The van der Waals surface area contributed by atoms with E-state index in [4.69, 9.17) is 0 Å². The summed E-state index contributed by atoms with van der Waals surface area (Å²) in [7, 11) is 1.27. The number of aryl methyl sites for hydroxylation is 1. The summed E-state index contributed by atoms with van der Waals surface area (Å²) in [5.74, 6) is -1.95. The van der Waals surface area contributed by atoms with E-state index in [1.165, 1.54) is 13.2 Å². The number of aromatic nitrogens is 1. The first-order chi connectivity index (χ1) is 9.42. The summed E-state index contributed by atoms with van der Waals surface area (Å²) in [6.45, 7) is 1.64. The molecule has 0 unspecified atom stereocenters. The van der Waals surface area contributed by atoms with Gasteiger partial charge in [0.15, 0.2) is 5.13 Å². The van der Waals surface area contributed by atoms with Gasteiger partial charge >= 0.3 is 5.97 Å². The number of thiazole rings is 1. The molecule has 106 valence electrons. The van der Waals surface area contributed by atoms with Crippen LogP contribution in [0.4, 0.5) is 19.6 Å². The quantitative estimate of drug-likeness (QED) is 0.661. The molecule has 20 heavy (non-hydrogen) atoms. The van der Waals surface area contributed by atoms with Crippen LogP contribution in [0.5, 0.6) is 0 Å². The maximum Gasteiger partial charge on any atom is 0.350 e. The van der Waals surface area contributed by atoms with Crippen molar-refractivity contribution in [2.45, 2.75) is 6.92 Å². The first-order valence-corrected chi connectivity index (χ1v) is 7.00. The van der Waals surface area contributed by atoms with Crippen LogP contribution in [-0.2, 0) is 4.74 Å². The van der Waals surface area contributed by atoms with E-state index in [1.54, 1.807) is 6.92 Å². The third-order valence-electron chi connectivity index (χ3n) is 2.42. The number of nitrogens with zero attached hydrogens (tertiary/aromatic N) is 1. The first-order valence-electron chi connectivity index (χ1n) is 5.39. The van der Waals surface area contributed by atoms with E-state index in [2.05, 4.69) is 31.0 Å². The van der Waals surface area contributed by atoms with E-state index in [9.17, 15) is 13.6 Å². The van der Waals surface area contributed by atoms with E-state index >= 15 is 0 Å². The van der Waals surface area contributed by atoms with Gasteiger partial charge in [0.05, 0.1) is 23.0 Å². The van der Waals surface area contributed by atoms with Crippen molar-refractivity contribution in [3.8, 4) is 0 Å². The third kappa shape index (κ3) is 2.96. The lowest BCUT2D eigenvalue weighted by Crippen LogP contribution is -1.99. The molecular formula is C12H9BrF2N2O2S. The van der Waals surface area contributed by atoms with Crippen molar-refractivity contribution in [3.63, 3.8) is 0 Å². The molecule has 1 aromatic heterocycles. The molecule has 0 bridgehead atoms. The van der Waals surface area contributed by atoms with Crippen molar-refractivity contribution in [1.29, 1.82) is 0 Å². The Morgan fingerprint density at radius 3 is 2.75 bits per heavy atom. The molecule has 0 aliphatic heterocycles. The molecule has 0 saturated carbocycles. The van der Waals surface area contributed by atoms with Gasteiger partial charge in [0.1, 0.15) is 16.5 Å². The summed E-state index contributed by atoms with van der Waals surface area (Å²) < 4.78 is 31.5. The minimum atomic E-state index is -0.752. The Kier molecular flexibility index (Phi) is 4.34. The summed E-state index contributed by atoms with van der Waals surface area (Å²) in [5.41, 5.74) is 0.536. The molecule has 2 aromatic rings. The van der Waals surface area contributed by atoms with Crippen LogP contribution in [0.2, 0.25) is 0 Å². The predicted molar refractivity (Wildman–Crippen MR) is 75.5 cm³/mol. The number of hydrogen-bond donors (Lipinski definition) is 1. The van der Waals surface area contributed by atoms with Crippen LogP contribution in [0.1, 0.15) is 15.4 Å². The lowest BCUT2D eigenvalue weighted by atomic mass is 10.3. The number of benzene rings is 1. The zero-order valence-corrected chi connectivity index (χ0v) is 12.9. The van der Waals surface area contributed by atoms with E-state index in [-0.39, 0.29) is 10.2 Å². The monoisotopic (exact) mass is 362 g/mol. The number of hydrogen-bond acceptors (Lipinski definition) is 5. The maximum absolute atomic E-state index is 13.6. The van der Waals surface area contributed by atoms with Gasteiger partial charge in [-0.25, -0.2) is 18.6 Å². The smallest absolute Gasteiger partial charge is 0.350 e. The number of halogens is 3. The van der Waals surface area contributed by atoms with Crippen molar-refractivity contribution in [2.24, 2.45) is 0 Å². The molecule has 1 heterocycles. The molecule has 0 fully saturated rings. The predicted octanol–water partition coefficient (Wildman–Crippen LogP) is 4.02. The molecule has 8 heteroatoms. The van der Waals surface area contributed by atoms with Crippen LogP contribution in [-0.4, -0.2) is 18.1 Å². The highest BCUT2D eigenvalue weighted by Gasteiger charge is 2.17. The highest BCUT2D eigenvalue weighted by molar-refractivity contribution is 9.10. The summed E-state index contributed by atoms with van der Waals surface area (Å²) in [6.07, 6.45) is 0. The largest absolute Gasteiger partial charge is 0.465 e. The highest BCUT2D eigenvalue weighted by Crippen LogP contribution is 2.30. The average molecular weight is 363 g/mol. The number of rotatable bonds is 3. The number of ether oxygens (including phenoxy) is 1. The van der Waals surface area contributed by atoms with E-state index in [1.807, 2.05) is 0 Å². The maximum atomic E-state index is 13.6. The fourth-order valence-corrected chi connectivity index (χ4v) is 2.71. The van der Waals surface area contributed by atoms with Gasteiger partial charge in [0.25, 0.3) is 0 Å². The Balaban J connectivity index is 2.31. The molecular weight excluding hydrogens is 354 g/mol. The molecule has 2 rings (SSSR count). The van der Waals surface area contributed by atoms with Gasteiger partial charge in [-0.2, -0.15) is 0 Å². The minimum Gasteiger partial charge on any atom is -0.465 e. The van der Waals surface area contributed by atoms with Gasteiger partial charge in [-0.1, -0.05) is 11.3 Å². The molecule has 0 aliphatic carbocycles. The summed E-state index contributed by atoms with van der Waals surface area (Å²) in [4.78, 5) is 15.9. The zero-order valence-electron chi connectivity index (χ0n) is 10.5. The third-order valence-corrected chi connectivity index (χ3v) is 4.08. The number of carbonyl (C=O) groups excluding carboxylic acids is 1. The van der Waals surface area contributed by atoms with Gasteiger partial charge in [-0.15, -0.1) is 0 Å². The van der Waals surface area contributed by atoms with E-state index in [0.29, 0.717) is 15.7 Å². The number of anilines is 2. The highest BCUT2D eigenvalue weighted by atomic mass is 79.9. The number of methoxy groups -OCH3 is 1. The summed E-state index contributed by atoms with van der Waals surface area (Å²) in [5, 5.41) is 3.03. The topological polar surface area (TPSA) is 51.2 Å². The Morgan fingerprint density at radius 1 is 1.40 bits per heavy atom. The van der Waals surface area contributed by atoms with Crippen molar-refractivity contribution >= 4 is 44.1 Å². The van der Waals surface area contributed by atoms with Gasteiger partial charge in [-0.3, -0.25) is 0 Å². The van der Waals surface area contributed by atoms with Crippen LogP contribution in [0.25, 0.3) is 0 Å². The van der Waals surface area contributed by atoms with Crippen LogP contribution in [0, 0.1) is 18.6 Å². The molecule has 0 saturated heterocycles. The van der Waals surface area contributed by atoms with Crippen molar-refractivity contribution in [2.75, 3.05) is 12.4 Å². The van der Waals surface area contributed by atoms with Crippen molar-refractivity contribution in [1.82, 2.24) is 4.98 Å². The zero-order chi connectivity index (χ0) is 14.9. The van der Waals surface area contributed by atoms with Crippen molar-refractivity contribution < 1.29 is 18.3 Å². The van der Waals surface area contributed by atoms with Crippen LogP contribution in [0.3, 0.4) is 0 Å². The van der Waals surface area contributed by atoms with Crippen LogP contribution in [0.15, 0.2) is 16.6 Å². The van der Waals surface area contributed by atoms with Crippen LogP contribution >= 0.6 is 27.3 Å². The summed E-state index contributed by atoms with van der Waals surface area (Å²) >= 11 is 4.01. The lowest BCUT2D eigenvalue weighted by Gasteiger charge is -2.05. The van der Waals surface area contributed by atoms with Gasteiger partial charge < -0.3 is 10.1 Å². The number of esters is 1. The average Bonchev–Trinajstić information content (AvgIpc) is 2.76. The SMILES string of the molecule is COC(=O)c1sc(Nc2cc(Br)c(F)cc2F)nc1C. The Hall–Kier alpha value is -1.54. The minimum absolute atomic E-state index is 0.0587.